The topological polar surface area (TPSA) is 56.1 Å². The van der Waals surface area contributed by atoms with Crippen molar-refractivity contribution in [1.82, 2.24) is 4.57 Å². The van der Waals surface area contributed by atoms with Gasteiger partial charge in [0.1, 0.15) is 0 Å². The van der Waals surface area contributed by atoms with E-state index in [9.17, 15) is 26.4 Å². The SMILES string of the molecule is O=c1ccc2cc(S(=O)(=O)Cl)ccc2n1-c1ccc(C(F)(F)F)cc1Br. The van der Waals surface area contributed by atoms with Gasteiger partial charge in [-0.3, -0.25) is 9.36 Å². The minimum Gasteiger partial charge on any atom is -0.276 e. The number of halogens is 5. The summed E-state index contributed by atoms with van der Waals surface area (Å²) < 4.78 is 62.7. The number of rotatable bonds is 2. The highest BCUT2D eigenvalue weighted by molar-refractivity contribution is 9.10. The van der Waals surface area contributed by atoms with Crippen molar-refractivity contribution in [2.45, 2.75) is 11.1 Å². The third kappa shape index (κ3) is 3.51. The van der Waals surface area contributed by atoms with E-state index >= 15 is 0 Å². The van der Waals surface area contributed by atoms with Gasteiger partial charge >= 0.3 is 6.18 Å². The number of nitrogens with zero attached hydrogens (tertiary/aromatic N) is 1. The number of alkyl halides is 3. The second-order valence-corrected chi connectivity index (χ2v) is 8.75. The fourth-order valence-corrected chi connectivity index (χ4v) is 3.83. The first-order chi connectivity index (χ1) is 12.0. The standard InChI is InChI=1S/C16H8BrClF3NO3S/c17-12-8-10(16(19,20)21)2-4-14(12)22-13-5-3-11(26(18,24)25)7-9(13)1-6-15(22)23/h1-8H. The second kappa shape index (κ2) is 6.40. The minimum atomic E-state index is -4.52. The van der Waals surface area contributed by atoms with E-state index in [-0.39, 0.29) is 15.1 Å². The average Bonchev–Trinajstić information content (AvgIpc) is 2.53. The third-order valence-corrected chi connectivity index (χ3v) is 5.65. The lowest BCUT2D eigenvalue weighted by molar-refractivity contribution is -0.137. The summed E-state index contributed by atoms with van der Waals surface area (Å²) in [5, 5.41) is 0.387. The molecule has 3 aromatic rings. The van der Waals surface area contributed by atoms with E-state index in [1.54, 1.807) is 0 Å². The second-order valence-electron chi connectivity index (χ2n) is 5.33. The Hall–Kier alpha value is -1.84. The number of hydrogen-bond donors (Lipinski definition) is 0. The Morgan fingerprint density at radius 1 is 1.00 bits per heavy atom. The maximum absolute atomic E-state index is 12.8. The van der Waals surface area contributed by atoms with Gasteiger partial charge in [-0.1, -0.05) is 0 Å². The van der Waals surface area contributed by atoms with Crippen LogP contribution in [0.2, 0.25) is 0 Å². The van der Waals surface area contributed by atoms with Crippen LogP contribution in [0.25, 0.3) is 16.6 Å². The molecule has 0 aliphatic heterocycles. The van der Waals surface area contributed by atoms with Gasteiger partial charge in [-0.05, 0) is 58.4 Å². The fraction of sp³-hybridized carbons (Fsp3) is 0.0625. The number of aromatic nitrogens is 1. The molecule has 26 heavy (non-hydrogen) atoms. The van der Waals surface area contributed by atoms with E-state index in [1.165, 1.54) is 41.0 Å². The molecular weight excluding hydrogens is 459 g/mol. The lowest BCUT2D eigenvalue weighted by Gasteiger charge is -2.14. The smallest absolute Gasteiger partial charge is 0.276 e. The van der Waals surface area contributed by atoms with E-state index in [0.717, 1.165) is 12.1 Å². The van der Waals surface area contributed by atoms with Crippen LogP contribution in [0.5, 0.6) is 0 Å². The van der Waals surface area contributed by atoms with Crippen LogP contribution in [0.3, 0.4) is 0 Å². The molecule has 0 atom stereocenters. The van der Waals surface area contributed by atoms with E-state index in [2.05, 4.69) is 15.9 Å². The van der Waals surface area contributed by atoms with Gasteiger partial charge in [0.05, 0.1) is 21.7 Å². The molecule has 1 aromatic heterocycles. The highest BCUT2D eigenvalue weighted by atomic mass is 79.9. The Morgan fingerprint density at radius 3 is 2.27 bits per heavy atom. The van der Waals surface area contributed by atoms with Crippen molar-refractivity contribution in [3.05, 3.63) is 68.9 Å². The summed E-state index contributed by atoms with van der Waals surface area (Å²) >= 11 is 3.07. The molecule has 0 bridgehead atoms. The van der Waals surface area contributed by atoms with Gasteiger partial charge in [0, 0.05) is 26.6 Å². The van der Waals surface area contributed by atoms with Gasteiger partial charge in [0.2, 0.25) is 0 Å². The molecule has 0 radical (unpaired) electrons. The quantitative estimate of drug-likeness (QED) is 0.515. The zero-order chi connectivity index (χ0) is 19.3. The Morgan fingerprint density at radius 2 is 1.69 bits per heavy atom. The molecule has 3 rings (SSSR count). The summed E-state index contributed by atoms with van der Waals surface area (Å²) in [7, 11) is 1.36. The van der Waals surface area contributed by atoms with Crippen LogP contribution in [-0.2, 0) is 15.2 Å². The molecule has 0 saturated carbocycles. The van der Waals surface area contributed by atoms with Crippen molar-refractivity contribution in [2.24, 2.45) is 0 Å². The van der Waals surface area contributed by atoms with Crippen molar-refractivity contribution in [3.63, 3.8) is 0 Å². The zero-order valence-electron chi connectivity index (χ0n) is 12.6. The predicted octanol–water partition coefficient (Wildman–Crippen LogP) is 4.70. The van der Waals surface area contributed by atoms with E-state index < -0.39 is 26.3 Å². The summed E-state index contributed by atoms with van der Waals surface area (Å²) in [6.45, 7) is 0. The van der Waals surface area contributed by atoms with Crippen LogP contribution in [0.4, 0.5) is 13.2 Å². The predicted molar refractivity (Wildman–Crippen MR) is 95.3 cm³/mol. The molecule has 0 N–H and O–H groups in total. The van der Waals surface area contributed by atoms with E-state index in [0.29, 0.717) is 10.9 Å². The van der Waals surface area contributed by atoms with Gasteiger partial charge in [-0.15, -0.1) is 0 Å². The summed E-state index contributed by atoms with van der Waals surface area (Å²) in [6.07, 6.45) is -4.52. The fourth-order valence-electron chi connectivity index (χ4n) is 2.49. The molecule has 0 saturated heterocycles. The molecule has 0 amide bonds. The Balaban J connectivity index is 2.29. The van der Waals surface area contributed by atoms with Gasteiger partial charge in [-0.25, -0.2) is 8.42 Å². The Kier molecular flexibility index (Phi) is 4.66. The first-order valence-corrected chi connectivity index (χ1v) is 10.1. The number of pyridine rings is 1. The lowest BCUT2D eigenvalue weighted by Crippen LogP contribution is -2.18. The van der Waals surface area contributed by atoms with Crippen molar-refractivity contribution < 1.29 is 21.6 Å². The maximum atomic E-state index is 12.8. The average molecular weight is 467 g/mol. The van der Waals surface area contributed by atoms with Gasteiger partial charge in [0.25, 0.3) is 14.6 Å². The molecule has 10 heteroatoms. The summed E-state index contributed by atoms with van der Waals surface area (Å²) in [4.78, 5) is 12.2. The van der Waals surface area contributed by atoms with Crippen molar-refractivity contribution in [3.8, 4) is 5.69 Å². The van der Waals surface area contributed by atoms with Crippen LogP contribution < -0.4 is 5.56 Å². The lowest BCUT2D eigenvalue weighted by atomic mass is 10.1. The summed E-state index contributed by atoms with van der Waals surface area (Å²) in [5.74, 6) is 0. The third-order valence-electron chi connectivity index (χ3n) is 3.66. The zero-order valence-corrected chi connectivity index (χ0v) is 15.7. The molecule has 0 spiro atoms. The molecule has 0 fully saturated rings. The molecule has 1 heterocycles. The number of benzene rings is 2. The number of fused-ring (bicyclic) bond motifs is 1. The van der Waals surface area contributed by atoms with Crippen LogP contribution in [0.1, 0.15) is 5.56 Å². The van der Waals surface area contributed by atoms with Crippen molar-refractivity contribution in [2.75, 3.05) is 0 Å². The molecule has 0 aliphatic carbocycles. The van der Waals surface area contributed by atoms with Crippen LogP contribution in [0, 0.1) is 0 Å². The van der Waals surface area contributed by atoms with Crippen molar-refractivity contribution >= 4 is 46.6 Å². The molecule has 0 aliphatic rings. The Bertz CT molecular complexity index is 1190. The van der Waals surface area contributed by atoms with Gasteiger partial charge < -0.3 is 0 Å². The summed E-state index contributed by atoms with van der Waals surface area (Å²) in [5.41, 5.74) is -0.839. The Labute approximate surface area is 158 Å². The molecular formula is C16H8BrClF3NO3S. The molecule has 0 unspecified atom stereocenters. The highest BCUT2D eigenvalue weighted by Crippen LogP contribution is 2.34. The van der Waals surface area contributed by atoms with Crippen LogP contribution in [0.15, 0.2) is 62.7 Å². The number of hydrogen-bond acceptors (Lipinski definition) is 3. The maximum Gasteiger partial charge on any atom is 0.416 e. The molecule has 136 valence electrons. The van der Waals surface area contributed by atoms with E-state index in [1.807, 2.05) is 0 Å². The van der Waals surface area contributed by atoms with Crippen molar-refractivity contribution in [1.29, 1.82) is 0 Å². The summed E-state index contributed by atoms with van der Waals surface area (Å²) in [6, 6.07) is 9.39. The van der Waals surface area contributed by atoms with Gasteiger partial charge in [0.15, 0.2) is 0 Å². The van der Waals surface area contributed by atoms with Crippen LogP contribution in [-0.4, -0.2) is 13.0 Å². The minimum absolute atomic E-state index is 0.0657. The first kappa shape index (κ1) is 18.9. The monoisotopic (exact) mass is 465 g/mol. The van der Waals surface area contributed by atoms with E-state index in [4.69, 9.17) is 10.7 Å². The van der Waals surface area contributed by atoms with Gasteiger partial charge in [-0.2, -0.15) is 13.2 Å². The van der Waals surface area contributed by atoms with Crippen LogP contribution >= 0.6 is 26.6 Å². The largest absolute Gasteiger partial charge is 0.416 e. The normalized spacial score (nSPS) is 12.5. The molecule has 2 aromatic carbocycles. The first-order valence-electron chi connectivity index (χ1n) is 6.96. The molecule has 4 nitrogen and oxygen atoms in total. The highest BCUT2D eigenvalue weighted by Gasteiger charge is 2.31.